The summed E-state index contributed by atoms with van der Waals surface area (Å²) in [6, 6.07) is 0. The second kappa shape index (κ2) is 8.93. The summed E-state index contributed by atoms with van der Waals surface area (Å²) in [6.07, 6.45) is -14.6. The molecular formula is C15H17F6N5O4S. The predicted molar refractivity (Wildman–Crippen MR) is 93.9 cm³/mol. The van der Waals surface area contributed by atoms with Crippen molar-refractivity contribution in [2.45, 2.75) is 48.5 Å². The average Bonchev–Trinajstić information content (AvgIpc) is 3.16. The Kier molecular flexibility index (Phi) is 6.85. The lowest BCUT2D eigenvalue weighted by Gasteiger charge is -2.17. The molecule has 1 aliphatic rings. The lowest BCUT2D eigenvalue weighted by atomic mass is 10.1. The van der Waals surface area contributed by atoms with Crippen LogP contribution in [0.25, 0.3) is 11.2 Å². The minimum atomic E-state index is -4.57. The number of aromatic nitrogens is 4. The maximum absolute atomic E-state index is 12.3. The first-order valence-electron chi connectivity index (χ1n) is 8.71. The quantitative estimate of drug-likeness (QED) is 0.310. The molecule has 4 N–H and O–H groups in total. The third kappa shape index (κ3) is 5.88. The van der Waals surface area contributed by atoms with Crippen LogP contribution in [-0.2, 0) is 9.47 Å². The van der Waals surface area contributed by atoms with Crippen molar-refractivity contribution in [3.8, 4) is 0 Å². The van der Waals surface area contributed by atoms with Crippen LogP contribution < -0.4 is 5.73 Å². The van der Waals surface area contributed by atoms with Gasteiger partial charge in [0.2, 0.25) is 0 Å². The van der Waals surface area contributed by atoms with Gasteiger partial charge in [-0.15, -0.1) is 0 Å². The van der Waals surface area contributed by atoms with E-state index in [1.54, 1.807) is 0 Å². The summed E-state index contributed by atoms with van der Waals surface area (Å²) in [5.74, 6) is -0.487. The molecule has 2 aromatic rings. The maximum atomic E-state index is 12.3. The average molecular weight is 477 g/mol. The SMILES string of the molecule is Nc1nc(SCCC(F)(F)F)nc2c1ncn2[C@@H]1O[C@H](COCC(F)(F)F)[C@@H](O)[C@H]1O. The van der Waals surface area contributed by atoms with Gasteiger partial charge in [0.25, 0.3) is 0 Å². The number of anilines is 1. The Morgan fingerprint density at radius 2 is 1.84 bits per heavy atom. The van der Waals surface area contributed by atoms with Crippen LogP contribution in [0.4, 0.5) is 32.2 Å². The predicted octanol–water partition coefficient (Wildman–Crippen LogP) is 1.65. The number of ether oxygens (including phenoxy) is 2. The van der Waals surface area contributed by atoms with Crippen molar-refractivity contribution in [3.63, 3.8) is 0 Å². The summed E-state index contributed by atoms with van der Waals surface area (Å²) in [6.45, 7) is -2.20. The monoisotopic (exact) mass is 477 g/mol. The lowest BCUT2D eigenvalue weighted by Crippen LogP contribution is -2.34. The number of nitrogen functional groups attached to an aromatic ring is 1. The maximum Gasteiger partial charge on any atom is 0.411 e. The molecule has 174 valence electrons. The fourth-order valence-electron chi connectivity index (χ4n) is 2.81. The number of hydrogen-bond acceptors (Lipinski definition) is 9. The van der Waals surface area contributed by atoms with E-state index in [-0.39, 0.29) is 27.9 Å². The van der Waals surface area contributed by atoms with Crippen molar-refractivity contribution < 1.29 is 46.0 Å². The van der Waals surface area contributed by atoms with Crippen LogP contribution in [0.5, 0.6) is 0 Å². The molecule has 1 fully saturated rings. The van der Waals surface area contributed by atoms with Gasteiger partial charge in [0.05, 0.1) is 19.4 Å². The van der Waals surface area contributed by atoms with Crippen molar-refractivity contribution >= 4 is 28.7 Å². The highest BCUT2D eigenvalue weighted by Gasteiger charge is 2.45. The topological polar surface area (TPSA) is 129 Å². The summed E-state index contributed by atoms with van der Waals surface area (Å²) in [5, 5.41) is 20.3. The molecule has 1 saturated heterocycles. The molecule has 3 rings (SSSR count). The number of rotatable bonds is 7. The van der Waals surface area contributed by atoms with Gasteiger partial charge < -0.3 is 25.4 Å². The standard InChI is InChI=1S/C15H17F6N5O4S/c16-14(17,18)1-2-31-13-24-10(22)7-11(25-13)26(5-23-7)12-9(28)8(27)6(30-12)3-29-4-15(19,20)21/h5-6,8-9,12,27-28H,1-4H2,(H2,22,24,25)/t6-,8-,9-,12-/m1/s1. The van der Waals surface area contributed by atoms with E-state index in [4.69, 9.17) is 10.5 Å². The number of fused-ring (bicyclic) bond motifs is 1. The minimum Gasteiger partial charge on any atom is -0.387 e. The second-order valence-electron chi connectivity index (χ2n) is 6.61. The molecule has 16 heteroatoms. The summed E-state index contributed by atoms with van der Waals surface area (Å²) in [4.78, 5) is 11.9. The van der Waals surface area contributed by atoms with E-state index in [2.05, 4.69) is 19.7 Å². The van der Waals surface area contributed by atoms with Crippen LogP contribution in [0, 0.1) is 0 Å². The zero-order valence-electron chi connectivity index (χ0n) is 15.5. The van der Waals surface area contributed by atoms with Gasteiger partial charge in [-0.05, 0) is 0 Å². The van der Waals surface area contributed by atoms with Crippen LogP contribution >= 0.6 is 11.8 Å². The molecule has 31 heavy (non-hydrogen) atoms. The van der Waals surface area contributed by atoms with Crippen LogP contribution in [0.15, 0.2) is 11.5 Å². The molecule has 0 radical (unpaired) electrons. The normalized spacial score (nSPS) is 24.9. The Balaban J connectivity index is 1.77. The molecule has 0 unspecified atom stereocenters. The fraction of sp³-hybridized carbons (Fsp3) is 0.667. The largest absolute Gasteiger partial charge is 0.411 e. The highest BCUT2D eigenvalue weighted by atomic mass is 32.2. The van der Waals surface area contributed by atoms with Gasteiger partial charge in [0, 0.05) is 5.75 Å². The van der Waals surface area contributed by atoms with Crippen molar-refractivity contribution in [2.75, 3.05) is 24.7 Å². The number of nitrogens with two attached hydrogens (primary N) is 1. The van der Waals surface area contributed by atoms with Crippen LogP contribution in [0.1, 0.15) is 12.6 Å². The van der Waals surface area contributed by atoms with Crippen LogP contribution in [0.3, 0.4) is 0 Å². The highest BCUT2D eigenvalue weighted by molar-refractivity contribution is 7.99. The van der Waals surface area contributed by atoms with Gasteiger partial charge >= 0.3 is 12.4 Å². The van der Waals surface area contributed by atoms with Gasteiger partial charge in [-0.1, -0.05) is 11.8 Å². The molecule has 4 atom stereocenters. The molecule has 0 spiro atoms. The first kappa shape index (κ1) is 23.8. The molecular weight excluding hydrogens is 460 g/mol. The number of halogens is 6. The zero-order chi connectivity index (χ0) is 23.0. The Labute approximate surface area is 174 Å². The Morgan fingerprint density at radius 3 is 2.48 bits per heavy atom. The van der Waals surface area contributed by atoms with Gasteiger partial charge in [-0.3, -0.25) is 4.57 Å². The van der Waals surface area contributed by atoms with E-state index in [0.717, 1.165) is 6.33 Å². The second-order valence-corrected chi connectivity index (χ2v) is 7.67. The lowest BCUT2D eigenvalue weighted by molar-refractivity contribution is -0.184. The van der Waals surface area contributed by atoms with Gasteiger partial charge in [0.1, 0.15) is 30.4 Å². The number of nitrogens with zero attached hydrogens (tertiary/aromatic N) is 4. The third-order valence-corrected chi connectivity index (χ3v) is 5.05. The molecule has 0 bridgehead atoms. The van der Waals surface area contributed by atoms with Crippen LogP contribution in [0.2, 0.25) is 0 Å². The number of aliphatic hydroxyl groups is 2. The Bertz CT molecular complexity index is 910. The number of aliphatic hydroxyl groups excluding tert-OH is 2. The number of imidazole rings is 1. The number of thioether (sulfide) groups is 1. The van der Waals surface area contributed by atoms with E-state index >= 15 is 0 Å². The van der Waals surface area contributed by atoms with Crippen molar-refractivity contribution in [1.29, 1.82) is 0 Å². The van der Waals surface area contributed by atoms with E-state index in [1.807, 2.05) is 0 Å². The van der Waals surface area contributed by atoms with E-state index in [0.29, 0.717) is 11.8 Å². The van der Waals surface area contributed by atoms with E-state index in [9.17, 15) is 36.6 Å². The molecule has 0 saturated carbocycles. The van der Waals surface area contributed by atoms with Crippen molar-refractivity contribution in [3.05, 3.63) is 6.33 Å². The highest BCUT2D eigenvalue weighted by Crippen LogP contribution is 2.33. The molecule has 0 aliphatic carbocycles. The molecule has 2 aromatic heterocycles. The van der Waals surface area contributed by atoms with Crippen molar-refractivity contribution in [2.24, 2.45) is 0 Å². The molecule has 0 amide bonds. The van der Waals surface area contributed by atoms with Crippen LogP contribution in [-0.4, -0.2) is 79.4 Å². The molecule has 1 aliphatic heterocycles. The van der Waals surface area contributed by atoms with Crippen molar-refractivity contribution in [1.82, 2.24) is 19.5 Å². The molecule has 3 heterocycles. The third-order valence-electron chi connectivity index (χ3n) is 4.20. The Morgan fingerprint density at radius 1 is 1.13 bits per heavy atom. The first-order valence-corrected chi connectivity index (χ1v) is 9.70. The van der Waals surface area contributed by atoms with E-state index in [1.165, 1.54) is 4.57 Å². The first-order chi connectivity index (χ1) is 14.4. The Hall–Kier alpha value is -1.88. The van der Waals surface area contributed by atoms with Gasteiger partial charge in [0.15, 0.2) is 22.8 Å². The summed E-state index contributed by atoms with van der Waals surface area (Å²) in [5.41, 5.74) is 5.86. The van der Waals surface area contributed by atoms with E-state index < -0.39 is 56.5 Å². The fourth-order valence-corrected chi connectivity index (χ4v) is 3.64. The zero-order valence-corrected chi connectivity index (χ0v) is 16.3. The minimum absolute atomic E-state index is 0.00937. The number of hydrogen-bond donors (Lipinski definition) is 3. The summed E-state index contributed by atoms with van der Waals surface area (Å²) < 4.78 is 84.8. The number of alkyl halides is 6. The van der Waals surface area contributed by atoms with Gasteiger partial charge in [-0.2, -0.15) is 26.3 Å². The molecule has 9 nitrogen and oxygen atoms in total. The summed E-state index contributed by atoms with van der Waals surface area (Å²) >= 11 is 0.704. The smallest absolute Gasteiger partial charge is 0.387 e. The summed E-state index contributed by atoms with van der Waals surface area (Å²) in [7, 11) is 0. The van der Waals surface area contributed by atoms with Gasteiger partial charge in [-0.25, -0.2) is 15.0 Å². The molecule has 0 aromatic carbocycles.